The molecule has 1 saturated heterocycles. The quantitative estimate of drug-likeness (QED) is 0.485. The maximum absolute atomic E-state index is 12.7. The maximum atomic E-state index is 12.7. The molecule has 0 aliphatic carbocycles. The van der Waals surface area contributed by atoms with E-state index >= 15 is 0 Å². The van der Waals surface area contributed by atoms with Gasteiger partial charge in [0.15, 0.2) is 0 Å². The predicted octanol–water partition coefficient (Wildman–Crippen LogP) is 2.98. The van der Waals surface area contributed by atoms with Gasteiger partial charge in [-0.05, 0) is 18.2 Å². The molecule has 11 nitrogen and oxygen atoms in total. The Kier molecular flexibility index (Phi) is 7.50. The number of aromatic nitrogens is 5. The average molecular weight is 519 g/mol. The van der Waals surface area contributed by atoms with Crippen LogP contribution in [0.25, 0.3) is 0 Å². The van der Waals surface area contributed by atoms with Crippen molar-refractivity contribution in [2.45, 2.75) is 25.9 Å². The van der Waals surface area contributed by atoms with Gasteiger partial charge >= 0.3 is 0 Å². The first kappa shape index (κ1) is 24.6. The summed E-state index contributed by atoms with van der Waals surface area (Å²) < 4.78 is 0. The number of dihydropyridines is 1. The third kappa shape index (κ3) is 6.18. The molecule has 0 saturated carbocycles. The molecule has 0 bridgehead atoms. The lowest BCUT2D eigenvalue weighted by Gasteiger charge is -2.35. The number of anilines is 4. The zero-order chi connectivity index (χ0) is 25.6. The monoisotopic (exact) mass is 518 g/mol. The summed E-state index contributed by atoms with van der Waals surface area (Å²) in [5.41, 5.74) is 1.37. The lowest BCUT2D eigenvalue weighted by Crippen LogP contribution is -2.47. The number of carbonyl (C=O) groups excluding carboxylic acids is 1. The molecule has 2 aliphatic rings. The predicted molar refractivity (Wildman–Crippen MR) is 144 cm³/mol. The Morgan fingerprint density at radius 2 is 1.81 bits per heavy atom. The van der Waals surface area contributed by atoms with Crippen LogP contribution in [0.2, 0.25) is 5.15 Å². The van der Waals surface area contributed by atoms with E-state index in [1.54, 1.807) is 18.5 Å². The first-order chi connectivity index (χ1) is 18.1. The van der Waals surface area contributed by atoms with Crippen molar-refractivity contribution in [1.82, 2.24) is 24.9 Å². The molecule has 37 heavy (non-hydrogen) atoms. The minimum Gasteiger partial charge on any atom is -0.352 e. The highest BCUT2D eigenvalue weighted by Crippen LogP contribution is 2.20. The van der Waals surface area contributed by atoms with Crippen LogP contribution in [0.5, 0.6) is 0 Å². The van der Waals surface area contributed by atoms with Gasteiger partial charge in [-0.2, -0.15) is 15.0 Å². The Hall–Kier alpha value is -4.12. The zero-order valence-electron chi connectivity index (χ0n) is 20.4. The van der Waals surface area contributed by atoms with Gasteiger partial charge in [0, 0.05) is 56.5 Å². The highest BCUT2D eigenvalue weighted by Gasteiger charge is 2.23. The van der Waals surface area contributed by atoms with Gasteiger partial charge in [0.25, 0.3) is 5.91 Å². The maximum Gasteiger partial charge on any atom is 0.251 e. The number of rotatable bonds is 7. The van der Waals surface area contributed by atoms with Crippen molar-refractivity contribution in [1.29, 1.82) is 0 Å². The Labute approximate surface area is 219 Å². The molecule has 0 radical (unpaired) electrons. The second-order valence-corrected chi connectivity index (χ2v) is 8.93. The van der Waals surface area contributed by atoms with Gasteiger partial charge in [-0.1, -0.05) is 36.7 Å². The molecule has 1 atom stereocenters. The van der Waals surface area contributed by atoms with Crippen LogP contribution in [-0.4, -0.2) is 69.4 Å². The van der Waals surface area contributed by atoms with Crippen LogP contribution >= 0.6 is 11.6 Å². The number of halogens is 1. The van der Waals surface area contributed by atoms with E-state index in [4.69, 9.17) is 11.6 Å². The van der Waals surface area contributed by atoms with Crippen molar-refractivity contribution in [2.75, 3.05) is 46.6 Å². The van der Waals surface area contributed by atoms with E-state index < -0.39 is 6.17 Å². The number of piperazine rings is 1. The summed E-state index contributed by atoms with van der Waals surface area (Å²) in [4.78, 5) is 43.8. The van der Waals surface area contributed by atoms with Gasteiger partial charge in [0.05, 0.1) is 12.4 Å². The number of nitrogens with zero attached hydrogens (tertiary/aromatic N) is 8. The Balaban J connectivity index is 1.26. The SMILES string of the molecule is CCc1nc(NC2C=C(C(=O)Nc3ccccc3)CC=N2)nc(N2CCN(c3cncc(Cl)n3)CC2)n1. The number of para-hydroxylation sites is 1. The topological polar surface area (TPSA) is 124 Å². The Bertz CT molecular complexity index is 1310. The van der Waals surface area contributed by atoms with E-state index in [1.165, 1.54) is 6.20 Å². The molecule has 2 N–H and O–H groups in total. The minimum atomic E-state index is -0.455. The van der Waals surface area contributed by atoms with Crippen LogP contribution in [0.4, 0.5) is 23.4 Å². The molecular weight excluding hydrogens is 492 g/mol. The number of aryl methyl sites for hydroxylation is 1. The fourth-order valence-corrected chi connectivity index (χ4v) is 4.21. The van der Waals surface area contributed by atoms with Crippen LogP contribution < -0.4 is 20.4 Å². The van der Waals surface area contributed by atoms with Gasteiger partial charge in [-0.3, -0.25) is 14.8 Å². The number of amides is 1. The molecule has 4 heterocycles. The van der Waals surface area contributed by atoms with E-state index in [0.29, 0.717) is 54.4 Å². The first-order valence-electron chi connectivity index (χ1n) is 12.1. The number of aliphatic imine (C=N–C) groups is 1. The van der Waals surface area contributed by atoms with Crippen LogP contribution in [-0.2, 0) is 11.2 Å². The molecule has 1 aromatic carbocycles. The molecule has 1 fully saturated rings. The molecule has 1 amide bonds. The second kappa shape index (κ2) is 11.3. The van der Waals surface area contributed by atoms with Gasteiger partial charge in [-0.25, -0.2) is 4.98 Å². The molecule has 12 heteroatoms. The highest BCUT2D eigenvalue weighted by atomic mass is 35.5. The largest absolute Gasteiger partial charge is 0.352 e. The van der Waals surface area contributed by atoms with Crippen LogP contribution in [0, 0.1) is 0 Å². The summed E-state index contributed by atoms with van der Waals surface area (Å²) in [6.45, 7) is 4.91. The van der Waals surface area contributed by atoms with Gasteiger partial charge in [0.1, 0.15) is 23.0 Å². The summed E-state index contributed by atoms with van der Waals surface area (Å²) in [5, 5.41) is 6.53. The normalized spacial score (nSPS) is 17.4. The zero-order valence-corrected chi connectivity index (χ0v) is 21.1. The van der Waals surface area contributed by atoms with Gasteiger partial charge in [-0.15, -0.1) is 0 Å². The third-order valence-electron chi connectivity index (χ3n) is 6.00. The van der Waals surface area contributed by atoms with Crippen LogP contribution in [0.3, 0.4) is 0 Å². The smallest absolute Gasteiger partial charge is 0.251 e. The summed E-state index contributed by atoms with van der Waals surface area (Å²) in [6, 6.07) is 9.37. The highest BCUT2D eigenvalue weighted by molar-refractivity contribution is 6.29. The van der Waals surface area contributed by atoms with Crippen molar-refractivity contribution in [3.8, 4) is 0 Å². The van der Waals surface area contributed by atoms with Crippen molar-refractivity contribution in [2.24, 2.45) is 4.99 Å². The number of hydrogen-bond acceptors (Lipinski definition) is 10. The van der Waals surface area contributed by atoms with E-state index in [9.17, 15) is 4.79 Å². The molecule has 3 aromatic rings. The van der Waals surface area contributed by atoms with Crippen molar-refractivity contribution in [3.63, 3.8) is 0 Å². The van der Waals surface area contributed by atoms with E-state index in [2.05, 4.69) is 50.3 Å². The lowest BCUT2D eigenvalue weighted by molar-refractivity contribution is -0.112. The number of carbonyl (C=O) groups is 1. The summed E-state index contributed by atoms with van der Waals surface area (Å²) in [5.74, 6) is 2.32. The second-order valence-electron chi connectivity index (χ2n) is 8.54. The molecule has 1 unspecified atom stereocenters. The third-order valence-corrected chi connectivity index (χ3v) is 6.18. The van der Waals surface area contributed by atoms with Crippen molar-refractivity contribution < 1.29 is 4.79 Å². The van der Waals surface area contributed by atoms with E-state index in [-0.39, 0.29) is 5.91 Å². The molecule has 2 aliphatic heterocycles. The lowest BCUT2D eigenvalue weighted by atomic mass is 10.1. The number of nitrogens with one attached hydrogen (secondary N) is 2. The van der Waals surface area contributed by atoms with Gasteiger partial charge in [0.2, 0.25) is 11.9 Å². The fraction of sp³-hybridized carbons (Fsp3) is 0.320. The summed E-state index contributed by atoms with van der Waals surface area (Å²) in [7, 11) is 0. The Morgan fingerprint density at radius 1 is 1.03 bits per heavy atom. The number of benzene rings is 1. The summed E-state index contributed by atoms with van der Waals surface area (Å²) >= 11 is 6.00. The van der Waals surface area contributed by atoms with Crippen molar-refractivity contribution in [3.05, 3.63) is 65.4 Å². The fourth-order valence-electron chi connectivity index (χ4n) is 4.07. The minimum absolute atomic E-state index is 0.156. The van der Waals surface area contributed by atoms with Crippen LogP contribution in [0.15, 0.2) is 59.4 Å². The van der Waals surface area contributed by atoms with E-state index in [0.717, 1.165) is 24.6 Å². The first-order valence-corrected chi connectivity index (χ1v) is 12.5. The number of hydrogen-bond donors (Lipinski definition) is 2. The molecule has 2 aromatic heterocycles. The molecule has 0 spiro atoms. The summed E-state index contributed by atoms with van der Waals surface area (Å²) in [6.07, 6.45) is 7.45. The standard InChI is InChI=1S/C25H27ClN10O/c1-2-20-31-24(32-21-14-17(8-9-28-21)23(37)29-18-6-4-3-5-7-18)34-25(33-20)36-12-10-35(11-13-36)22-16-27-15-19(26)30-22/h3-7,9,14-16,21H,2,8,10-13H2,1H3,(H,29,37)(H,31,32,33,34). The van der Waals surface area contributed by atoms with Gasteiger partial charge < -0.3 is 20.4 Å². The molecular formula is C25H27ClN10O. The van der Waals surface area contributed by atoms with E-state index in [1.807, 2.05) is 37.3 Å². The van der Waals surface area contributed by atoms with Crippen molar-refractivity contribution >= 4 is 47.1 Å². The Morgan fingerprint density at radius 3 is 2.57 bits per heavy atom. The average Bonchev–Trinajstić information content (AvgIpc) is 2.93. The molecule has 5 rings (SSSR count). The molecule has 190 valence electrons. The van der Waals surface area contributed by atoms with Crippen LogP contribution in [0.1, 0.15) is 19.2 Å².